The van der Waals surface area contributed by atoms with Crippen molar-refractivity contribution in [3.8, 4) is 0 Å². The van der Waals surface area contributed by atoms with Crippen molar-refractivity contribution in [1.82, 2.24) is 0 Å². The Kier molecular flexibility index (Phi) is 4.90. The summed E-state index contributed by atoms with van der Waals surface area (Å²) in [5.74, 6) is 0.0664. The SMILES string of the molecule is CCOC(=O)SCC(=O)c1ccccc1. The second kappa shape index (κ2) is 6.24. The van der Waals surface area contributed by atoms with Gasteiger partial charge < -0.3 is 4.74 Å². The van der Waals surface area contributed by atoms with E-state index in [-0.39, 0.29) is 11.5 Å². The quantitative estimate of drug-likeness (QED) is 0.582. The molecule has 0 bridgehead atoms. The molecule has 0 aromatic heterocycles. The summed E-state index contributed by atoms with van der Waals surface area (Å²) in [7, 11) is 0. The average Bonchev–Trinajstić information content (AvgIpc) is 2.27. The number of ether oxygens (including phenoxy) is 1. The van der Waals surface area contributed by atoms with Crippen LogP contribution in [0.5, 0.6) is 0 Å². The number of hydrogen-bond acceptors (Lipinski definition) is 4. The molecular weight excluding hydrogens is 212 g/mol. The van der Waals surface area contributed by atoms with Gasteiger partial charge in [0.2, 0.25) is 0 Å². The largest absolute Gasteiger partial charge is 0.458 e. The number of benzene rings is 1. The van der Waals surface area contributed by atoms with E-state index in [1.165, 1.54) is 0 Å². The van der Waals surface area contributed by atoms with Crippen LogP contribution in [0.3, 0.4) is 0 Å². The van der Waals surface area contributed by atoms with Gasteiger partial charge in [-0.15, -0.1) is 0 Å². The molecule has 0 aliphatic carbocycles. The first kappa shape index (κ1) is 11.8. The smallest absolute Gasteiger partial charge is 0.367 e. The molecule has 15 heavy (non-hydrogen) atoms. The Morgan fingerprint density at radius 3 is 2.53 bits per heavy atom. The van der Waals surface area contributed by atoms with Crippen molar-refractivity contribution in [1.29, 1.82) is 0 Å². The van der Waals surface area contributed by atoms with E-state index in [2.05, 4.69) is 0 Å². The summed E-state index contributed by atoms with van der Waals surface area (Å²) < 4.78 is 4.70. The highest BCUT2D eigenvalue weighted by molar-refractivity contribution is 8.13. The molecule has 0 amide bonds. The van der Waals surface area contributed by atoms with Crippen LogP contribution >= 0.6 is 11.8 Å². The molecule has 0 saturated heterocycles. The van der Waals surface area contributed by atoms with Crippen molar-refractivity contribution in [3.05, 3.63) is 35.9 Å². The number of thioether (sulfide) groups is 1. The van der Waals surface area contributed by atoms with E-state index in [0.29, 0.717) is 12.2 Å². The zero-order chi connectivity index (χ0) is 11.1. The van der Waals surface area contributed by atoms with Gasteiger partial charge in [-0.05, 0) is 18.7 Å². The van der Waals surface area contributed by atoms with Gasteiger partial charge in [-0.25, -0.2) is 4.79 Å². The molecule has 3 nitrogen and oxygen atoms in total. The van der Waals surface area contributed by atoms with Gasteiger partial charge in [-0.2, -0.15) is 0 Å². The van der Waals surface area contributed by atoms with Crippen LogP contribution in [0, 0.1) is 0 Å². The maximum atomic E-state index is 11.5. The lowest BCUT2D eigenvalue weighted by Crippen LogP contribution is -2.06. The van der Waals surface area contributed by atoms with Gasteiger partial charge in [0, 0.05) is 5.56 Å². The lowest BCUT2D eigenvalue weighted by Gasteiger charge is -2.00. The molecule has 0 fully saturated rings. The number of carbonyl (C=O) groups excluding carboxylic acids is 2. The molecule has 0 saturated carbocycles. The van der Waals surface area contributed by atoms with Crippen LogP contribution < -0.4 is 0 Å². The first-order valence-electron chi connectivity index (χ1n) is 4.62. The van der Waals surface area contributed by atoms with Gasteiger partial charge in [0.25, 0.3) is 0 Å². The van der Waals surface area contributed by atoms with Crippen LogP contribution in [0.2, 0.25) is 0 Å². The summed E-state index contributed by atoms with van der Waals surface area (Å²) in [5.41, 5.74) is 0.620. The van der Waals surface area contributed by atoms with Crippen LogP contribution in [0.15, 0.2) is 30.3 Å². The van der Waals surface area contributed by atoms with E-state index in [1.807, 2.05) is 6.07 Å². The standard InChI is InChI=1S/C11H12O3S/c1-2-14-11(13)15-8-10(12)9-6-4-3-5-7-9/h3-7H,2,8H2,1H3. The van der Waals surface area contributed by atoms with Gasteiger partial charge >= 0.3 is 5.30 Å². The summed E-state index contributed by atoms with van der Waals surface area (Å²) in [6, 6.07) is 8.89. The molecule has 0 unspecified atom stereocenters. The summed E-state index contributed by atoms with van der Waals surface area (Å²) in [6.07, 6.45) is 0. The monoisotopic (exact) mass is 224 g/mol. The molecule has 4 heteroatoms. The average molecular weight is 224 g/mol. The number of hydrogen-bond donors (Lipinski definition) is 0. The minimum atomic E-state index is -0.401. The molecule has 0 atom stereocenters. The van der Waals surface area contributed by atoms with Crippen molar-refractivity contribution in [3.63, 3.8) is 0 Å². The molecule has 0 N–H and O–H groups in total. The maximum Gasteiger partial charge on any atom is 0.367 e. The van der Waals surface area contributed by atoms with E-state index in [1.54, 1.807) is 31.2 Å². The first-order valence-corrected chi connectivity index (χ1v) is 5.60. The number of Topliss-reactive ketones (excluding diaryl/α,β-unsaturated/α-hetero) is 1. The van der Waals surface area contributed by atoms with E-state index >= 15 is 0 Å². The van der Waals surface area contributed by atoms with Gasteiger partial charge in [0.15, 0.2) is 5.78 Å². The summed E-state index contributed by atoms with van der Waals surface area (Å²) in [4.78, 5) is 22.5. The highest BCUT2D eigenvalue weighted by Gasteiger charge is 2.09. The predicted molar refractivity (Wildman–Crippen MR) is 60.3 cm³/mol. The summed E-state index contributed by atoms with van der Waals surface area (Å²) in [5, 5.41) is -0.401. The van der Waals surface area contributed by atoms with Crippen molar-refractivity contribution in [2.45, 2.75) is 6.92 Å². The topological polar surface area (TPSA) is 43.4 Å². The maximum absolute atomic E-state index is 11.5. The van der Waals surface area contributed by atoms with Crippen LogP contribution in [-0.2, 0) is 4.74 Å². The highest BCUT2D eigenvalue weighted by atomic mass is 32.2. The van der Waals surface area contributed by atoms with Crippen molar-refractivity contribution >= 4 is 22.8 Å². The molecule has 1 rings (SSSR count). The number of ketones is 1. The third kappa shape index (κ3) is 4.16. The Bertz CT molecular complexity index is 335. The number of carbonyl (C=O) groups is 2. The molecule has 0 aliphatic heterocycles. The van der Waals surface area contributed by atoms with Crippen molar-refractivity contribution in [2.75, 3.05) is 12.4 Å². The normalized spacial score (nSPS) is 9.67. The Morgan fingerprint density at radius 1 is 1.27 bits per heavy atom. The third-order valence-electron chi connectivity index (χ3n) is 1.68. The fourth-order valence-corrected chi connectivity index (χ4v) is 1.61. The molecule has 0 heterocycles. The zero-order valence-corrected chi connectivity index (χ0v) is 9.25. The Balaban J connectivity index is 2.40. The Hall–Kier alpha value is -1.29. The van der Waals surface area contributed by atoms with E-state index < -0.39 is 5.30 Å². The second-order valence-corrected chi connectivity index (χ2v) is 3.67. The van der Waals surface area contributed by atoms with Crippen LogP contribution in [0.25, 0.3) is 0 Å². The fourth-order valence-electron chi connectivity index (χ4n) is 0.991. The van der Waals surface area contributed by atoms with Gasteiger partial charge in [0.1, 0.15) is 0 Å². The Morgan fingerprint density at radius 2 is 1.93 bits per heavy atom. The van der Waals surface area contributed by atoms with Crippen molar-refractivity contribution in [2.24, 2.45) is 0 Å². The van der Waals surface area contributed by atoms with E-state index in [9.17, 15) is 9.59 Å². The molecule has 80 valence electrons. The van der Waals surface area contributed by atoms with Crippen molar-refractivity contribution < 1.29 is 14.3 Å². The van der Waals surface area contributed by atoms with E-state index in [4.69, 9.17) is 4.74 Å². The zero-order valence-electron chi connectivity index (χ0n) is 8.43. The minimum Gasteiger partial charge on any atom is -0.458 e. The summed E-state index contributed by atoms with van der Waals surface area (Å²) >= 11 is 0.893. The van der Waals surface area contributed by atoms with Crippen LogP contribution in [0.1, 0.15) is 17.3 Å². The molecule has 1 aromatic carbocycles. The summed E-state index contributed by atoms with van der Waals surface area (Å²) in [6.45, 7) is 2.07. The van der Waals surface area contributed by atoms with E-state index in [0.717, 1.165) is 11.8 Å². The van der Waals surface area contributed by atoms with Crippen LogP contribution in [-0.4, -0.2) is 23.4 Å². The molecular formula is C11H12O3S. The molecule has 0 spiro atoms. The van der Waals surface area contributed by atoms with Gasteiger partial charge in [-0.1, -0.05) is 30.3 Å². The van der Waals surface area contributed by atoms with Gasteiger partial charge in [0.05, 0.1) is 12.4 Å². The molecule has 1 aromatic rings. The lowest BCUT2D eigenvalue weighted by molar-refractivity contribution is 0.102. The fraction of sp³-hybridized carbons (Fsp3) is 0.273. The Labute approximate surface area is 92.8 Å². The second-order valence-electron chi connectivity index (χ2n) is 2.76. The lowest BCUT2D eigenvalue weighted by atomic mass is 10.2. The highest BCUT2D eigenvalue weighted by Crippen LogP contribution is 2.09. The van der Waals surface area contributed by atoms with Gasteiger partial charge in [-0.3, -0.25) is 4.79 Å². The first-order chi connectivity index (χ1) is 7.24. The van der Waals surface area contributed by atoms with Crippen LogP contribution in [0.4, 0.5) is 4.79 Å². The number of rotatable bonds is 4. The predicted octanol–water partition coefficient (Wildman–Crippen LogP) is 2.76. The third-order valence-corrected chi connectivity index (χ3v) is 2.44. The molecule has 0 aliphatic rings. The minimum absolute atomic E-state index is 0.0614. The molecule has 0 radical (unpaired) electrons.